The molecule has 3 N–H and O–H groups in total. The number of carbonyl (C=O) groups is 1. The van der Waals surface area contributed by atoms with Crippen LogP contribution >= 0.6 is 0 Å². The molecule has 4 rings (SSSR count). The lowest BCUT2D eigenvalue weighted by atomic mass is 10.0. The minimum Gasteiger partial charge on any atom is -0.497 e. The van der Waals surface area contributed by atoms with Gasteiger partial charge in [-0.05, 0) is 43.5 Å². The Morgan fingerprint density at radius 2 is 2.18 bits per heavy atom. The van der Waals surface area contributed by atoms with Crippen LogP contribution in [0.2, 0.25) is 0 Å². The van der Waals surface area contributed by atoms with Crippen molar-refractivity contribution in [1.29, 1.82) is 0 Å². The van der Waals surface area contributed by atoms with Crippen LogP contribution in [-0.4, -0.2) is 47.3 Å². The number of nitrogens with zero attached hydrogens (tertiary/aromatic N) is 2. The average Bonchev–Trinajstić information content (AvgIpc) is 3.16. The predicted molar refractivity (Wildman–Crippen MR) is 107 cm³/mol. The summed E-state index contributed by atoms with van der Waals surface area (Å²) in [5.74, 6) is 1.33. The fraction of sp³-hybridized carbons (Fsp3) is 0.350. The highest BCUT2D eigenvalue weighted by Gasteiger charge is 2.24. The molecule has 0 aliphatic carbocycles. The Labute approximate surface area is 161 Å². The third-order valence-corrected chi connectivity index (χ3v) is 5.16. The second-order valence-corrected chi connectivity index (χ2v) is 6.97. The Morgan fingerprint density at radius 1 is 1.29 bits per heavy atom. The van der Waals surface area contributed by atoms with E-state index in [1.807, 2.05) is 24.3 Å². The van der Waals surface area contributed by atoms with Crippen molar-refractivity contribution in [2.45, 2.75) is 25.3 Å². The molecule has 1 fully saturated rings. The number of methoxy groups -OCH3 is 1. The first kappa shape index (κ1) is 18.1. The minimum atomic E-state index is -0.221. The van der Waals surface area contributed by atoms with Gasteiger partial charge in [0.1, 0.15) is 17.3 Å². The van der Waals surface area contributed by atoms with Crippen LogP contribution < -0.4 is 20.5 Å². The summed E-state index contributed by atoms with van der Waals surface area (Å²) < 4.78 is 5.23. The van der Waals surface area contributed by atoms with Gasteiger partial charge in [0, 0.05) is 42.2 Å². The van der Waals surface area contributed by atoms with Gasteiger partial charge in [-0.3, -0.25) is 9.59 Å². The van der Waals surface area contributed by atoms with Gasteiger partial charge in [0.2, 0.25) is 0 Å². The standard InChI is InChI=1S/C20H23N5O3/c1-28-15-6-5-13-10-17(22-16(13)11-15)20(27)21-12-14-4-2-3-9-25(14)18-7-8-19(26)24-23-18/h5-8,10-11,14,22H,2-4,9,12H2,1H3,(H,21,27)(H,24,26). The second-order valence-electron chi connectivity index (χ2n) is 6.97. The number of carbonyl (C=O) groups excluding carboxylic acids is 1. The molecule has 146 valence electrons. The van der Waals surface area contributed by atoms with Gasteiger partial charge < -0.3 is 19.9 Å². The number of rotatable bonds is 5. The minimum absolute atomic E-state index is 0.139. The number of hydrogen-bond donors (Lipinski definition) is 3. The summed E-state index contributed by atoms with van der Waals surface area (Å²) in [6.07, 6.45) is 3.13. The number of piperidine rings is 1. The van der Waals surface area contributed by atoms with Gasteiger partial charge in [0.25, 0.3) is 11.5 Å². The Hall–Kier alpha value is -3.29. The van der Waals surface area contributed by atoms with Crippen molar-refractivity contribution in [3.8, 4) is 5.75 Å². The molecule has 0 radical (unpaired) electrons. The van der Waals surface area contributed by atoms with Crippen molar-refractivity contribution in [2.24, 2.45) is 0 Å². The first-order chi connectivity index (χ1) is 13.6. The Bertz CT molecular complexity index is 1020. The van der Waals surface area contributed by atoms with Gasteiger partial charge in [-0.2, -0.15) is 5.10 Å². The van der Waals surface area contributed by atoms with Crippen molar-refractivity contribution in [3.05, 3.63) is 52.4 Å². The van der Waals surface area contributed by atoms with Gasteiger partial charge in [-0.25, -0.2) is 5.10 Å². The average molecular weight is 381 g/mol. The summed E-state index contributed by atoms with van der Waals surface area (Å²) in [6, 6.07) is 10.8. The SMILES string of the molecule is COc1ccc2cc(C(=O)NCC3CCCCN3c3ccc(=O)[nH]n3)[nH]c2c1. The third-order valence-electron chi connectivity index (χ3n) is 5.16. The van der Waals surface area contributed by atoms with Crippen molar-refractivity contribution in [2.75, 3.05) is 25.1 Å². The molecule has 8 nitrogen and oxygen atoms in total. The Morgan fingerprint density at radius 3 is 2.96 bits per heavy atom. The third kappa shape index (κ3) is 3.71. The molecule has 2 aromatic heterocycles. The van der Waals surface area contributed by atoms with Crippen LogP contribution in [0.5, 0.6) is 5.75 Å². The molecule has 0 bridgehead atoms. The van der Waals surface area contributed by atoms with Crippen LogP contribution in [-0.2, 0) is 0 Å². The number of aromatic nitrogens is 3. The highest BCUT2D eigenvalue weighted by molar-refractivity contribution is 5.98. The monoisotopic (exact) mass is 381 g/mol. The van der Waals surface area contributed by atoms with E-state index in [0.717, 1.165) is 48.3 Å². The molecule has 0 spiro atoms. The summed E-state index contributed by atoms with van der Waals surface area (Å²) in [7, 11) is 1.62. The van der Waals surface area contributed by atoms with E-state index >= 15 is 0 Å². The number of aromatic amines is 2. The molecule has 1 aliphatic rings. The molecule has 0 saturated carbocycles. The summed E-state index contributed by atoms with van der Waals surface area (Å²) in [4.78, 5) is 29.2. The van der Waals surface area contributed by atoms with Crippen molar-refractivity contribution >= 4 is 22.6 Å². The molecule has 8 heteroatoms. The number of benzene rings is 1. The smallest absolute Gasteiger partial charge is 0.267 e. The molecule has 28 heavy (non-hydrogen) atoms. The molecular formula is C20H23N5O3. The fourth-order valence-corrected chi connectivity index (χ4v) is 3.67. The van der Waals surface area contributed by atoms with E-state index in [-0.39, 0.29) is 17.5 Å². The molecule has 3 heterocycles. The van der Waals surface area contributed by atoms with E-state index in [1.165, 1.54) is 6.07 Å². The molecule has 1 saturated heterocycles. The lowest BCUT2D eigenvalue weighted by molar-refractivity contribution is 0.0945. The van der Waals surface area contributed by atoms with E-state index in [1.54, 1.807) is 13.2 Å². The Kier molecular flexibility index (Phi) is 5.01. The quantitative estimate of drug-likeness (QED) is 0.628. The van der Waals surface area contributed by atoms with Gasteiger partial charge in [0.15, 0.2) is 0 Å². The number of nitrogens with one attached hydrogen (secondary N) is 3. The van der Waals surface area contributed by atoms with Crippen molar-refractivity contribution < 1.29 is 9.53 Å². The highest BCUT2D eigenvalue weighted by atomic mass is 16.5. The zero-order valence-electron chi connectivity index (χ0n) is 15.7. The first-order valence-corrected chi connectivity index (χ1v) is 9.41. The maximum Gasteiger partial charge on any atom is 0.267 e. The molecular weight excluding hydrogens is 358 g/mol. The van der Waals surface area contributed by atoms with E-state index in [2.05, 4.69) is 25.4 Å². The van der Waals surface area contributed by atoms with Gasteiger partial charge in [-0.15, -0.1) is 0 Å². The first-order valence-electron chi connectivity index (χ1n) is 9.41. The number of fused-ring (bicyclic) bond motifs is 1. The fourth-order valence-electron chi connectivity index (χ4n) is 3.67. The topological polar surface area (TPSA) is 103 Å². The summed E-state index contributed by atoms with van der Waals surface area (Å²) in [6.45, 7) is 1.37. The summed E-state index contributed by atoms with van der Waals surface area (Å²) >= 11 is 0. The summed E-state index contributed by atoms with van der Waals surface area (Å²) in [5, 5.41) is 10.6. The second kappa shape index (κ2) is 7.75. The summed E-state index contributed by atoms with van der Waals surface area (Å²) in [5.41, 5.74) is 1.16. The number of hydrogen-bond acceptors (Lipinski definition) is 5. The normalized spacial score (nSPS) is 16.9. The van der Waals surface area contributed by atoms with Gasteiger partial charge in [0.05, 0.1) is 7.11 Å². The molecule has 1 aromatic carbocycles. The van der Waals surface area contributed by atoms with Crippen LogP contribution in [0, 0.1) is 0 Å². The highest BCUT2D eigenvalue weighted by Crippen LogP contribution is 2.23. The molecule has 1 unspecified atom stereocenters. The van der Waals surface area contributed by atoms with Gasteiger partial charge in [-0.1, -0.05) is 0 Å². The van der Waals surface area contributed by atoms with Crippen LogP contribution in [0.1, 0.15) is 29.8 Å². The Balaban J connectivity index is 1.45. The van der Waals surface area contributed by atoms with Crippen LogP contribution in [0.3, 0.4) is 0 Å². The zero-order valence-corrected chi connectivity index (χ0v) is 15.7. The van der Waals surface area contributed by atoms with E-state index < -0.39 is 0 Å². The van der Waals surface area contributed by atoms with Crippen LogP contribution in [0.25, 0.3) is 10.9 Å². The maximum absolute atomic E-state index is 12.6. The predicted octanol–water partition coefficient (Wildman–Crippen LogP) is 2.05. The van der Waals surface area contributed by atoms with Crippen LogP contribution in [0.4, 0.5) is 5.82 Å². The van der Waals surface area contributed by atoms with E-state index in [0.29, 0.717) is 12.2 Å². The zero-order chi connectivity index (χ0) is 19.5. The number of anilines is 1. The molecule has 3 aromatic rings. The van der Waals surface area contributed by atoms with E-state index in [4.69, 9.17) is 4.74 Å². The largest absolute Gasteiger partial charge is 0.497 e. The lowest BCUT2D eigenvalue weighted by Gasteiger charge is -2.36. The maximum atomic E-state index is 12.6. The molecule has 1 atom stereocenters. The number of H-pyrrole nitrogens is 2. The van der Waals surface area contributed by atoms with Crippen LogP contribution in [0.15, 0.2) is 41.2 Å². The lowest BCUT2D eigenvalue weighted by Crippen LogP contribution is -2.47. The van der Waals surface area contributed by atoms with Crippen molar-refractivity contribution in [1.82, 2.24) is 20.5 Å². The van der Waals surface area contributed by atoms with Crippen molar-refractivity contribution in [3.63, 3.8) is 0 Å². The van der Waals surface area contributed by atoms with Gasteiger partial charge >= 0.3 is 0 Å². The number of ether oxygens (including phenoxy) is 1. The molecule has 1 amide bonds. The number of amides is 1. The van der Waals surface area contributed by atoms with E-state index in [9.17, 15) is 9.59 Å². The molecule has 1 aliphatic heterocycles.